The molecule has 2 aromatic heterocycles. The van der Waals surface area contributed by atoms with Gasteiger partial charge in [0, 0.05) is 45.0 Å². The number of fused-ring (bicyclic) bond motifs is 3. The lowest BCUT2D eigenvalue weighted by molar-refractivity contribution is 0.474. The molecule has 0 saturated carbocycles. The summed E-state index contributed by atoms with van der Waals surface area (Å²) < 4.78 is 6.22. The van der Waals surface area contributed by atoms with Crippen molar-refractivity contribution >= 4 is 27.5 Å². The fourth-order valence-corrected chi connectivity index (χ4v) is 6.51. The van der Waals surface area contributed by atoms with E-state index in [0.29, 0.717) is 35.0 Å². The van der Waals surface area contributed by atoms with Crippen LogP contribution in [0.2, 0.25) is 0 Å². The van der Waals surface area contributed by atoms with E-state index in [2.05, 4.69) is 84.6 Å². The van der Waals surface area contributed by atoms with E-state index in [1.165, 1.54) is 0 Å². The lowest BCUT2D eigenvalue weighted by Gasteiger charge is -2.11. The van der Waals surface area contributed by atoms with Crippen LogP contribution in [0.25, 0.3) is 83.9 Å². The summed E-state index contributed by atoms with van der Waals surface area (Å²) in [6, 6.07) is 46.7. The van der Waals surface area contributed by atoms with Gasteiger partial charge in [0.1, 0.15) is 16.9 Å². The number of hydrogen-bond donors (Lipinski definition) is 1. The first kappa shape index (κ1) is 30.1. The molecule has 0 unspecified atom stereocenters. The maximum atomic E-state index is 11.2. The van der Waals surface area contributed by atoms with Crippen LogP contribution in [-0.2, 0) is 0 Å². The minimum Gasteiger partial charge on any atom is -0.507 e. The van der Waals surface area contributed by atoms with Gasteiger partial charge >= 0.3 is 0 Å². The Balaban J connectivity index is 1.17. The highest BCUT2D eigenvalue weighted by molar-refractivity contribution is 6.05. The van der Waals surface area contributed by atoms with E-state index < -0.39 is 0 Å². The number of phenols is 1. The summed E-state index contributed by atoms with van der Waals surface area (Å²) in [6.45, 7) is 0. The molecule has 240 valence electrons. The first-order valence-corrected chi connectivity index (χ1v) is 16.8. The summed E-state index contributed by atoms with van der Waals surface area (Å²) in [6.07, 6.45) is 6.54. The Morgan fingerprint density at radius 1 is 0.510 bits per heavy atom. The van der Waals surface area contributed by atoms with Crippen LogP contribution in [-0.4, -0.2) is 20.1 Å². The maximum absolute atomic E-state index is 11.2. The van der Waals surface area contributed by atoms with Gasteiger partial charge in [0.2, 0.25) is 0 Å². The zero-order chi connectivity index (χ0) is 34.1. The van der Waals surface area contributed by atoms with Gasteiger partial charge in [0.15, 0.2) is 17.5 Å². The van der Waals surface area contributed by atoms with E-state index in [4.69, 9.17) is 19.4 Å². The van der Waals surface area contributed by atoms with Crippen molar-refractivity contribution in [2.24, 2.45) is 0 Å². The number of benzene rings is 6. The van der Waals surface area contributed by atoms with Crippen molar-refractivity contribution in [2.75, 3.05) is 0 Å². The molecule has 6 aromatic carbocycles. The lowest BCUT2D eigenvalue weighted by Crippen LogP contribution is -2.00. The number of hydrogen-bond acceptors (Lipinski definition) is 5. The molecule has 51 heavy (non-hydrogen) atoms. The molecule has 8 aromatic rings. The zero-order valence-electron chi connectivity index (χ0n) is 27.4. The Labute approximate surface area is 294 Å². The van der Waals surface area contributed by atoms with E-state index in [-0.39, 0.29) is 5.75 Å². The Hall–Kier alpha value is -7.03. The summed E-state index contributed by atoms with van der Waals surface area (Å²) in [7, 11) is 0. The van der Waals surface area contributed by atoms with Gasteiger partial charge in [-0.15, -0.1) is 0 Å². The summed E-state index contributed by atoms with van der Waals surface area (Å²) in [5.74, 6) is 7.84. The van der Waals surface area contributed by atoms with E-state index in [1.54, 1.807) is 6.07 Å². The van der Waals surface area contributed by atoms with Gasteiger partial charge < -0.3 is 9.52 Å². The third-order valence-electron chi connectivity index (χ3n) is 9.08. The first-order chi connectivity index (χ1) is 25.2. The highest BCUT2D eigenvalue weighted by Gasteiger charge is 2.17. The lowest BCUT2D eigenvalue weighted by atomic mass is 9.98. The minimum absolute atomic E-state index is 0.107. The van der Waals surface area contributed by atoms with Crippen LogP contribution in [0.15, 0.2) is 162 Å². The molecule has 1 aliphatic carbocycles. The molecule has 0 saturated heterocycles. The predicted octanol–water partition coefficient (Wildman–Crippen LogP) is 11.2. The number of phenolic OH excluding ortho intramolecular Hbond substituents is 1. The van der Waals surface area contributed by atoms with Crippen LogP contribution in [0.5, 0.6) is 5.75 Å². The van der Waals surface area contributed by atoms with Gasteiger partial charge in [-0.05, 0) is 70.8 Å². The Kier molecular flexibility index (Phi) is 7.53. The topological polar surface area (TPSA) is 72.0 Å². The molecule has 1 N–H and O–H groups in total. The Bertz CT molecular complexity index is 2750. The summed E-state index contributed by atoms with van der Waals surface area (Å²) >= 11 is 0. The van der Waals surface area contributed by atoms with E-state index in [0.717, 1.165) is 60.9 Å². The quantitative estimate of drug-likeness (QED) is 0.181. The zero-order valence-corrected chi connectivity index (χ0v) is 27.4. The molecule has 0 aliphatic heterocycles. The molecule has 0 bridgehead atoms. The number of allylic oxidation sites excluding steroid dienone is 4. The molecule has 5 nitrogen and oxygen atoms in total. The summed E-state index contributed by atoms with van der Waals surface area (Å²) in [5, 5.41) is 13.3. The van der Waals surface area contributed by atoms with Crippen molar-refractivity contribution in [3.8, 4) is 74.0 Å². The second kappa shape index (κ2) is 12.8. The van der Waals surface area contributed by atoms with Crippen molar-refractivity contribution in [1.29, 1.82) is 0 Å². The van der Waals surface area contributed by atoms with Crippen LogP contribution in [0.3, 0.4) is 0 Å². The number of rotatable bonds is 6. The molecule has 2 heterocycles. The third kappa shape index (κ3) is 5.86. The third-order valence-corrected chi connectivity index (χ3v) is 9.08. The van der Waals surface area contributed by atoms with Crippen LogP contribution in [0, 0.1) is 11.8 Å². The van der Waals surface area contributed by atoms with Gasteiger partial charge in [0.05, 0.1) is 0 Å². The summed E-state index contributed by atoms with van der Waals surface area (Å²) in [4.78, 5) is 15.0. The van der Waals surface area contributed by atoms with E-state index in [1.807, 2.05) is 78.9 Å². The Morgan fingerprint density at radius 3 is 1.86 bits per heavy atom. The highest BCUT2D eigenvalue weighted by Crippen LogP contribution is 2.35. The van der Waals surface area contributed by atoms with Crippen molar-refractivity contribution in [1.82, 2.24) is 15.0 Å². The molecule has 0 amide bonds. The van der Waals surface area contributed by atoms with Crippen LogP contribution < -0.4 is 0 Å². The second-order valence-electron chi connectivity index (χ2n) is 12.4. The van der Waals surface area contributed by atoms with Crippen molar-refractivity contribution < 1.29 is 9.52 Å². The molecule has 0 fully saturated rings. The number of aromatic hydroxyl groups is 1. The molecule has 1 aliphatic rings. The van der Waals surface area contributed by atoms with Crippen LogP contribution >= 0.6 is 0 Å². The van der Waals surface area contributed by atoms with Crippen LogP contribution in [0.1, 0.15) is 12.0 Å². The maximum Gasteiger partial charge on any atom is 0.164 e. The van der Waals surface area contributed by atoms with Gasteiger partial charge in [-0.1, -0.05) is 121 Å². The van der Waals surface area contributed by atoms with Crippen molar-refractivity contribution in [3.63, 3.8) is 0 Å². The van der Waals surface area contributed by atoms with E-state index in [9.17, 15) is 5.11 Å². The monoisotopic (exact) mass is 655 g/mol. The van der Waals surface area contributed by atoms with E-state index >= 15 is 0 Å². The number of para-hydroxylation sites is 1. The number of furan rings is 1. The van der Waals surface area contributed by atoms with Gasteiger partial charge in [0.25, 0.3) is 0 Å². The first-order valence-electron chi connectivity index (χ1n) is 16.8. The SMILES string of the molecule is Oc1cc(-c2nc(-c3cccc(-c4cccc(-c5ccccc5)c4)c3)nc(-c3ccc4c(c3)oc3ccccc34)n2)ccc1C1=CC=CCC#C1. The standard InChI is InChI=1S/C46H29N3O2/c50-41-28-36(22-24-38(41)31-14-4-1-2-5-15-31)45-47-44(48-46(49-45)37-23-25-40-39-20-8-9-21-42(39)51-43(40)29-37)35-19-11-18-34(27-35)33-17-10-16-32(26-33)30-12-6-3-7-13-30/h1,3-4,6-14,16-29,50H,2H2. The fourth-order valence-electron chi connectivity index (χ4n) is 6.51. The minimum atomic E-state index is 0.107. The molecule has 0 atom stereocenters. The molecular formula is C46H29N3O2. The molecule has 5 heteroatoms. The van der Waals surface area contributed by atoms with Gasteiger partial charge in [-0.2, -0.15) is 0 Å². The highest BCUT2D eigenvalue weighted by atomic mass is 16.3. The average Bonchev–Trinajstić information content (AvgIpc) is 3.34. The molecular weight excluding hydrogens is 627 g/mol. The molecule has 0 radical (unpaired) electrons. The predicted molar refractivity (Wildman–Crippen MR) is 205 cm³/mol. The Morgan fingerprint density at radius 2 is 1.10 bits per heavy atom. The van der Waals surface area contributed by atoms with Gasteiger partial charge in [-0.25, -0.2) is 15.0 Å². The second-order valence-corrected chi connectivity index (χ2v) is 12.4. The van der Waals surface area contributed by atoms with Crippen molar-refractivity contribution in [2.45, 2.75) is 6.42 Å². The van der Waals surface area contributed by atoms with Crippen molar-refractivity contribution in [3.05, 3.63) is 163 Å². The molecule has 0 spiro atoms. The smallest absolute Gasteiger partial charge is 0.164 e. The largest absolute Gasteiger partial charge is 0.507 e. The number of nitrogens with zero attached hydrogens (tertiary/aromatic N) is 3. The summed E-state index contributed by atoms with van der Waals surface area (Å²) in [5.41, 5.74) is 9.76. The number of aromatic nitrogens is 3. The normalized spacial score (nSPS) is 12.4. The fraction of sp³-hybridized carbons (Fsp3) is 0.0217. The molecule has 9 rings (SSSR count). The van der Waals surface area contributed by atoms with Gasteiger partial charge in [-0.3, -0.25) is 0 Å². The average molecular weight is 656 g/mol. The van der Waals surface area contributed by atoms with Crippen LogP contribution in [0.4, 0.5) is 0 Å².